The van der Waals surface area contributed by atoms with Crippen LogP contribution in [0.3, 0.4) is 0 Å². The molecule has 0 radical (unpaired) electrons. The van der Waals surface area contributed by atoms with Gasteiger partial charge < -0.3 is 9.84 Å². The van der Waals surface area contributed by atoms with Crippen LogP contribution in [0.25, 0.3) is 0 Å². The molecule has 0 fully saturated rings. The molecule has 6 nitrogen and oxygen atoms in total. The summed E-state index contributed by atoms with van der Waals surface area (Å²) in [7, 11) is 0. The minimum absolute atomic E-state index is 0.00539. The molecule has 1 heterocycles. The van der Waals surface area contributed by atoms with Gasteiger partial charge in [-0.15, -0.1) is 0 Å². The van der Waals surface area contributed by atoms with Gasteiger partial charge in [-0.25, -0.2) is 4.98 Å². The number of nitrogens with zero attached hydrogens (tertiary/aromatic N) is 2. The molecule has 0 aliphatic rings. The van der Waals surface area contributed by atoms with E-state index in [-0.39, 0.29) is 11.6 Å². The van der Waals surface area contributed by atoms with Gasteiger partial charge in [0.25, 0.3) is 5.69 Å². The smallest absolute Gasteiger partial charge is 0.276 e. The van der Waals surface area contributed by atoms with Gasteiger partial charge in [-0.2, -0.15) is 0 Å². The molecule has 0 bridgehead atoms. The standard InChI is InChI=1S/C14H14N2O4/c1-9-12(16(18)19)4-3-5-13(9)20-14-8-11(10(2)17)6-7-15-14/h3-8,10,17H,1-2H3/t10-/m0/s1. The summed E-state index contributed by atoms with van der Waals surface area (Å²) in [5, 5.41) is 20.4. The predicted molar refractivity (Wildman–Crippen MR) is 72.8 cm³/mol. The molecule has 20 heavy (non-hydrogen) atoms. The van der Waals surface area contributed by atoms with Crippen molar-refractivity contribution in [3.63, 3.8) is 0 Å². The number of pyridine rings is 1. The van der Waals surface area contributed by atoms with Gasteiger partial charge in [0.15, 0.2) is 0 Å². The normalized spacial score (nSPS) is 11.9. The van der Waals surface area contributed by atoms with Gasteiger partial charge >= 0.3 is 0 Å². The van der Waals surface area contributed by atoms with Crippen molar-refractivity contribution in [3.8, 4) is 11.6 Å². The van der Waals surface area contributed by atoms with Crippen LogP contribution in [0.1, 0.15) is 24.2 Å². The van der Waals surface area contributed by atoms with Crippen molar-refractivity contribution in [2.45, 2.75) is 20.0 Å². The summed E-state index contributed by atoms with van der Waals surface area (Å²) in [4.78, 5) is 14.4. The first-order valence-corrected chi connectivity index (χ1v) is 6.05. The van der Waals surface area contributed by atoms with Crippen LogP contribution in [0.5, 0.6) is 11.6 Å². The van der Waals surface area contributed by atoms with Crippen LogP contribution >= 0.6 is 0 Å². The van der Waals surface area contributed by atoms with Gasteiger partial charge in [-0.3, -0.25) is 10.1 Å². The fraction of sp³-hybridized carbons (Fsp3) is 0.214. The highest BCUT2D eigenvalue weighted by Gasteiger charge is 2.15. The zero-order chi connectivity index (χ0) is 14.7. The maximum absolute atomic E-state index is 10.9. The van der Waals surface area contributed by atoms with Crippen LogP contribution in [0.15, 0.2) is 36.5 Å². The first-order valence-electron chi connectivity index (χ1n) is 6.05. The summed E-state index contributed by atoms with van der Waals surface area (Å²) in [6.45, 7) is 3.25. The second-order valence-electron chi connectivity index (χ2n) is 4.36. The van der Waals surface area contributed by atoms with Gasteiger partial charge in [-0.05, 0) is 31.5 Å². The lowest BCUT2D eigenvalue weighted by Gasteiger charge is -2.10. The summed E-state index contributed by atoms with van der Waals surface area (Å²) in [6.07, 6.45) is 0.885. The molecule has 0 unspecified atom stereocenters. The average molecular weight is 274 g/mol. The van der Waals surface area contributed by atoms with Gasteiger partial charge in [0.05, 0.1) is 16.6 Å². The Kier molecular flexibility index (Phi) is 3.95. The lowest BCUT2D eigenvalue weighted by atomic mass is 10.1. The van der Waals surface area contributed by atoms with Crippen molar-refractivity contribution in [1.82, 2.24) is 4.98 Å². The molecule has 0 amide bonds. The lowest BCUT2D eigenvalue weighted by Crippen LogP contribution is -1.97. The molecule has 0 saturated carbocycles. The first kappa shape index (κ1) is 14.0. The Hall–Kier alpha value is -2.47. The largest absolute Gasteiger partial charge is 0.438 e. The second-order valence-corrected chi connectivity index (χ2v) is 4.36. The van der Waals surface area contributed by atoms with Crippen molar-refractivity contribution < 1.29 is 14.8 Å². The van der Waals surface area contributed by atoms with Crippen molar-refractivity contribution >= 4 is 5.69 Å². The van der Waals surface area contributed by atoms with Crippen LogP contribution in [-0.2, 0) is 0 Å². The van der Waals surface area contributed by atoms with E-state index in [1.165, 1.54) is 12.3 Å². The number of rotatable bonds is 4. The molecule has 1 N–H and O–H groups in total. The summed E-state index contributed by atoms with van der Waals surface area (Å²) in [5.74, 6) is 0.654. The summed E-state index contributed by atoms with van der Waals surface area (Å²) in [5.41, 5.74) is 1.09. The summed E-state index contributed by atoms with van der Waals surface area (Å²) >= 11 is 0. The van der Waals surface area contributed by atoms with Crippen molar-refractivity contribution in [3.05, 3.63) is 57.8 Å². The molecule has 0 saturated heterocycles. The van der Waals surface area contributed by atoms with Crippen LogP contribution in [-0.4, -0.2) is 15.0 Å². The number of nitro groups is 1. The predicted octanol–water partition coefficient (Wildman–Crippen LogP) is 3.14. The number of aliphatic hydroxyl groups is 1. The number of aromatic nitrogens is 1. The number of benzene rings is 1. The second kappa shape index (κ2) is 5.66. The van der Waals surface area contributed by atoms with E-state index in [1.807, 2.05) is 0 Å². The summed E-state index contributed by atoms with van der Waals surface area (Å²) in [6, 6.07) is 7.89. The molecule has 0 aliphatic carbocycles. The number of ether oxygens (including phenoxy) is 1. The Bertz CT molecular complexity index is 641. The molecule has 6 heteroatoms. The highest BCUT2D eigenvalue weighted by Crippen LogP contribution is 2.30. The molecule has 2 rings (SSSR count). The fourth-order valence-electron chi connectivity index (χ4n) is 1.76. The topological polar surface area (TPSA) is 85.5 Å². The zero-order valence-electron chi connectivity index (χ0n) is 11.1. The van der Waals surface area contributed by atoms with E-state index in [1.54, 1.807) is 38.1 Å². The number of hydrogen-bond acceptors (Lipinski definition) is 5. The van der Waals surface area contributed by atoms with Crippen LogP contribution in [0, 0.1) is 17.0 Å². The van der Waals surface area contributed by atoms with Crippen LogP contribution in [0.4, 0.5) is 5.69 Å². The van der Waals surface area contributed by atoms with Gasteiger partial charge in [-0.1, -0.05) is 6.07 Å². The van der Waals surface area contributed by atoms with E-state index in [0.29, 0.717) is 16.9 Å². The molecule has 2 aromatic rings. The molecule has 1 aromatic heterocycles. The molecule has 1 aromatic carbocycles. The van der Waals surface area contributed by atoms with Gasteiger partial charge in [0.1, 0.15) is 5.75 Å². The highest BCUT2D eigenvalue weighted by atomic mass is 16.6. The molecule has 0 spiro atoms. The Morgan fingerprint density at radius 3 is 2.80 bits per heavy atom. The first-order chi connectivity index (χ1) is 9.49. The van der Waals surface area contributed by atoms with E-state index in [2.05, 4.69) is 4.98 Å². The van der Waals surface area contributed by atoms with Crippen molar-refractivity contribution in [2.24, 2.45) is 0 Å². The van der Waals surface area contributed by atoms with E-state index in [9.17, 15) is 15.2 Å². The Morgan fingerprint density at radius 2 is 2.15 bits per heavy atom. The van der Waals surface area contributed by atoms with Crippen molar-refractivity contribution in [2.75, 3.05) is 0 Å². The van der Waals surface area contributed by atoms with Gasteiger partial charge in [0, 0.05) is 18.3 Å². The fourth-order valence-corrected chi connectivity index (χ4v) is 1.76. The summed E-state index contributed by atoms with van der Waals surface area (Å²) < 4.78 is 5.56. The third-order valence-corrected chi connectivity index (χ3v) is 2.91. The number of hydrogen-bond donors (Lipinski definition) is 1. The third kappa shape index (κ3) is 2.92. The highest BCUT2D eigenvalue weighted by molar-refractivity contribution is 5.49. The van der Waals surface area contributed by atoms with E-state index in [0.717, 1.165) is 0 Å². The quantitative estimate of drug-likeness (QED) is 0.683. The Balaban J connectivity index is 2.33. The SMILES string of the molecule is Cc1c(Oc2cc([C@H](C)O)ccn2)cccc1[N+](=O)[O-]. The maximum atomic E-state index is 10.9. The minimum Gasteiger partial charge on any atom is -0.438 e. The average Bonchev–Trinajstić information content (AvgIpc) is 2.41. The minimum atomic E-state index is -0.633. The van der Waals surface area contributed by atoms with Crippen LogP contribution < -0.4 is 4.74 Å². The lowest BCUT2D eigenvalue weighted by molar-refractivity contribution is -0.385. The molecule has 104 valence electrons. The molecular weight excluding hydrogens is 260 g/mol. The third-order valence-electron chi connectivity index (χ3n) is 2.91. The monoisotopic (exact) mass is 274 g/mol. The van der Waals surface area contributed by atoms with Gasteiger partial charge in [0.2, 0.25) is 5.88 Å². The molecular formula is C14H14N2O4. The number of nitro benzene ring substituents is 1. The number of aliphatic hydroxyl groups excluding tert-OH is 1. The maximum Gasteiger partial charge on any atom is 0.276 e. The molecule has 0 aliphatic heterocycles. The van der Waals surface area contributed by atoms with E-state index >= 15 is 0 Å². The van der Waals surface area contributed by atoms with E-state index < -0.39 is 11.0 Å². The van der Waals surface area contributed by atoms with E-state index in [4.69, 9.17) is 4.74 Å². The zero-order valence-corrected chi connectivity index (χ0v) is 11.1. The van der Waals surface area contributed by atoms with Crippen LogP contribution in [0.2, 0.25) is 0 Å². The Labute approximate surface area is 115 Å². The Morgan fingerprint density at radius 1 is 1.40 bits per heavy atom. The van der Waals surface area contributed by atoms with Crippen molar-refractivity contribution in [1.29, 1.82) is 0 Å². The molecule has 1 atom stereocenters.